The van der Waals surface area contributed by atoms with Crippen molar-refractivity contribution in [2.24, 2.45) is 0 Å². The Labute approximate surface area is 163 Å². The summed E-state index contributed by atoms with van der Waals surface area (Å²) in [7, 11) is 0. The van der Waals surface area contributed by atoms with Crippen LogP contribution in [0.1, 0.15) is 43.0 Å². The van der Waals surface area contributed by atoms with Crippen molar-refractivity contribution in [1.82, 2.24) is 9.55 Å². The highest BCUT2D eigenvalue weighted by molar-refractivity contribution is 5.97. The Hall–Kier alpha value is -3.28. The second-order valence-electron chi connectivity index (χ2n) is 6.70. The number of anilines is 1. The minimum Gasteiger partial charge on any atom is -0.326 e. The van der Waals surface area contributed by atoms with Crippen LogP contribution in [0, 0.1) is 0 Å². The van der Waals surface area contributed by atoms with Gasteiger partial charge in [0, 0.05) is 17.7 Å². The molecule has 0 aliphatic carbocycles. The number of nitrogens with zero attached hydrogens (tertiary/aromatic N) is 2. The van der Waals surface area contributed by atoms with Gasteiger partial charge in [0.1, 0.15) is 0 Å². The van der Waals surface area contributed by atoms with E-state index < -0.39 is 0 Å². The van der Waals surface area contributed by atoms with E-state index in [9.17, 15) is 14.4 Å². The van der Waals surface area contributed by atoms with Gasteiger partial charge in [0.25, 0.3) is 5.56 Å². The molecule has 0 radical (unpaired) electrons. The molecule has 28 heavy (non-hydrogen) atoms. The molecule has 1 amide bonds. The van der Waals surface area contributed by atoms with E-state index in [1.54, 1.807) is 42.5 Å². The molecule has 6 heteroatoms. The summed E-state index contributed by atoms with van der Waals surface area (Å²) in [6, 6.07) is 13.8. The highest BCUT2D eigenvalue weighted by atomic mass is 16.2. The van der Waals surface area contributed by atoms with Crippen molar-refractivity contribution in [2.75, 3.05) is 5.32 Å². The normalized spacial score (nSPS) is 10.8. The third kappa shape index (κ3) is 4.71. The fourth-order valence-corrected chi connectivity index (χ4v) is 2.96. The number of para-hydroxylation sites is 1. The van der Waals surface area contributed by atoms with E-state index in [2.05, 4.69) is 17.2 Å². The lowest BCUT2D eigenvalue weighted by molar-refractivity contribution is -0.116. The number of fused-ring (bicyclic) bond motifs is 1. The minimum absolute atomic E-state index is 0.0266. The smallest absolute Gasteiger partial charge is 0.261 e. The van der Waals surface area contributed by atoms with Gasteiger partial charge in [0.15, 0.2) is 5.78 Å². The summed E-state index contributed by atoms with van der Waals surface area (Å²) in [6.07, 6.45) is 4.86. The van der Waals surface area contributed by atoms with Crippen LogP contribution >= 0.6 is 0 Å². The maximum absolute atomic E-state index is 12.5. The summed E-state index contributed by atoms with van der Waals surface area (Å²) in [6.45, 7) is 2.01. The number of nitrogens with one attached hydrogen (secondary N) is 1. The van der Waals surface area contributed by atoms with E-state index in [1.807, 2.05) is 6.07 Å². The number of carbonyl (C=O) groups excluding carboxylic acids is 2. The van der Waals surface area contributed by atoms with Gasteiger partial charge in [0.05, 0.1) is 23.8 Å². The topological polar surface area (TPSA) is 81.1 Å². The number of hydrogen-bond acceptors (Lipinski definition) is 4. The first kappa shape index (κ1) is 19.5. The van der Waals surface area contributed by atoms with Crippen molar-refractivity contribution in [1.29, 1.82) is 0 Å². The van der Waals surface area contributed by atoms with Crippen molar-refractivity contribution < 1.29 is 9.59 Å². The molecule has 2 aromatic carbocycles. The largest absolute Gasteiger partial charge is 0.326 e. The van der Waals surface area contributed by atoms with Gasteiger partial charge in [-0.15, -0.1) is 0 Å². The molecule has 144 valence electrons. The molecule has 0 fully saturated rings. The monoisotopic (exact) mass is 377 g/mol. The summed E-state index contributed by atoms with van der Waals surface area (Å²) in [4.78, 5) is 41.1. The number of carbonyl (C=O) groups is 2. The van der Waals surface area contributed by atoms with Crippen LogP contribution in [0.4, 0.5) is 5.69 Å². The average Bonchev–Trinajstić information content (AvgIpc) is 2.71. The molecule has 0 saturated carbocycles. The first-order chi connectivity index (χ1) is 13.6. The number of aromatic nitrogens is 2. The summed E-state index contributed by atoms with van der Waals surface area (Å²) < 4.78 is 1.31. The van der Waals surface area contributed by atoms with Crippen molar-refractivity contribution >= 4 is 28.3 Å². The zero-order valence-corrected chi connectivity index (χ0v) is 15.9. The number of hydrogen-bond donors (Lipinski definition) is 1. The third-order valence-corrected chi connectivity index (χ3v) is 4.54. The van der Waals surface area contributed by atoms with E-state index in [0.29, 0.717) is 28.6 Å². The summed E-state index contributed by atoms with van der Waals surface area (Å²) in [5.41, 5.74) is 1.50. The molecule has 3 rings (SSSR count). The van der Waals surface area contributed by atoms with Crippen molar-refractivity contribution in [3.05, 3.63) is 70.8 Å². The molecule has 0 bridgehead atoms. The Bertz CT molecular complexity index is 1040. The van der Waals surface area contributed by atoms with Crippen LogP contribution in [0.25, 0.3) is 10.9 Å². The average molecular weight is 377 g/mol. The Morgan fingerprint density at radius 3 is 2.54 bits per heavy atom. The molecule has 3 aromatic rings. The van der Waals surface area contributed by atoms with Crippen molar-refractivity contribution in [3.8, 4) is 0 Å². The van der Waals surface area contributed by atoms with Crippen molar-refractivity contribution in [2.45, 2.75) is 39.2 Å². The number of unbranched alkanes of at least 4 members (excludes halogenated alkanes) is 2. The van der Waals surface area contributed by atoms with Crippen LogP contribution in [-0.4, -0.2) is 21.2 Å². The van der Waals surface area contributed by atoms with Gasteiger partial charge in [-0.2, -0.15) is 0 Å². The summed E-state index contributed by atoms with van der Waals surface area (Å²) in [5.74, 6) is -0.221. The van der Waals surface area contributed by atoms with Crippen LogP contribution in [-0.2, 0) is 11.3 Å². The van der Waals surface area contributed by atoms with Gasteiger partial charge < -0.3 is 5.32 Å². The molecular formula is C22H23N3O3. The lowest BCUT2D eigenvalue weighted by Gasteiger charge is -2.08. The lowest BCUT2D eigenvalue weighted by atomic mass is 10.1. The van der Waals surface area contributed by atoms with E-state index in [-0.39, 0.29) is 23.8 Å². The third-order valence-electron chi connectivity index (χ3n) is 4.54. The van der Waals surface area contributed by atoms with Crippen molar-refractivity contribution in [3.63, 3.8) is 0 Å². The zero-order valence-electron chi connectivity index (χ0n) is 15.9. The Morgan fingerprint density at radius 2 is 1.79 bits per heavy atom. The molecule has 1 heterocycles. The highest BCUT2D eigenvalue weighted by Gasteiger charge is 2.11. The molecule has 0 unspecified atom stereocenters. The van der Waals surface area contributed by atoms with Gasteiger partial charge in [0.2, 0.25) is 5.91 Å². The van der Waals surface area contributed by atoms with Gasteiger partial charge in [-0.05, 0) is 42.8 Å². The fourth-order valence-electron chi connectivity index (χ4n) is 2.96. The molecule has 1 N–H and O–H groups in total. The SMILES string of the molecule is CCCCCC(=O)Nc1ccc(C(=O)Cn2cnc3ccccc3c2=O)cc1. The predicted octanol–water partition coefficient (Wildman–Crippen LogP) is 3.80. The standard InChI is InChI=1S/C22H23N3O3/c1-2-3-4-9-21(27)24-17-12-10-16(11-13-17)20(26)14-25-15-23-19-8-6-5-7-18(19)22(25)28/h5-8,10-13,15H,2-4,9,14H2,1H3,(H,24,27). The van der Waals surface area contributed by atoms with Crippen LogP contribution in [0.2, 0.25) is 0 Å². The first-order valence-corrected chi connectivity index (χ1v) is 9.46. The van der Waals surface area contributed by atoms with Gasteiger partial charge in [-0.25, -0.2) is 4.98 Å². The molecule has 0 saturated heterocycles. The van der Waals surface area contributed by atoms with E-state index in [4.69, 9.17) is 0 Å². The molecule has 0 atom stereocenters. The van der Waals surface area contributed by atoms with Crippen LogP contribution in [0.3, 0.4) is 0 Å². The van der Waals surface area contributed by atoms with Crippen LogP contribution in [0.5, 0.6) is 0 Å². The molecule has 0 aliphatic heterocycles. The molecule has 0 aliphatic rings. The maximum Gasteiger partial charge on any atom is 0.261 e. The zero-order chi connectivity index (χ0) is 19.9. The maximum atomic E-state index is 12.5. The Balaban J connectivity index is 1.66. The van der Waals surface area contributed by atoms with E-state index in [1.165, 1.54) is 10.9 Å². The Kier molecular flexibility index (Phi) is 6.32. The Morgan fingerprint density at radius 1 is 1.04 bits per heavy atom. The van der Waals surface area contributed by atoms with E-state index >= 15 is 0 Å². The highest BCUT2D eigenvalue weighted by Crippen LogP contribution is 2.12. The summed E-state index contributed by atoms with van der Waals surface area (Å²) in [5, 5.41) is 3.32. The quantitative estimate of drug-likeness (QED) is 0.478. The molecule has 0 spiro atoms. The lowest BCUT2D eigenvalue weighted by Crippen LogP contribution is -2.24. The number of Topliss-reactive ketones (excluding diaryl/α,β-unsaturated/α-hetero) is 1. The summed E-state index contributed by atoms with van der Waals surface area (Å²) >= 11 is 0. The second-order valence-corrected chi connectivity index (χ2v) is 6.70. The molecular weight excluding hydrogens is 354 g/mol. The fraction of sp³-hybridized carbons (Fsp3) is 0.273. The number of amides is 1. The number of benzene rings is 2. The number of rotatable bonds is 8. The minimum atomic E-state index is -0.241. The van der Waals surface area contributed by atoms with Crippen LogP contribution in [0.15, 0.2) is 59.7 Å². The second kappa shape index (κ2) is 9.08. The van der Waals surface area contributed by atoms with Gasteiger partial charge in [-0.3, -0.25) is 19.0 Å². The van der Waals surface area contributed by atoms with Gasteiger partial charge >= 0.3 is 0 Å². The predicted molar refractivity (Wildman–Crippen MR) is 110 cm³/mol. The number of ketones is 1. The first-order valence-electron chi connectivity index (χ1n) is 9.46. The van der Waals surface area contributed by atoms with Crippen LogP contribution < -0.4 is 10.9 Å². The molecule has 6 nitrogen and oxygen atoms in total. The van der Waals surface area contributed by atoms with Gasteiger partial charge in [-0.1, -0.05) is 31.9 Å². The van der Waals surface area contributed by atoms with E-state index in [0.717, 1.165) is 19.3 Å². The molecule has 1 aromatic heterocycles.